The highest BCUT2D eigenvalue weighted by molar-refractivity contribution is 5.83. The molecule has 18 heavy (non-hydrogen) atoms. The fourth-order valence-electron chi connectivity index (χ4n) is 1.70. The van der Waals surface area contributed by atoms with Crippen LogP contribution in [0.3, 0.4) is 0 Å². The van der Waals surface area contributed by atoms with Gasteiger partial charge in [0.05, 0.1) is 6.61 Å². The van der Waals surface area contributed by atoms with Gasteiger partial charge < -0.3 is 9.84 Å². The Hall–Kier alpha value is -1.55. The van der Waals surface area contributed by atoms with E-state index in [2.05, 4.69) is 12.2 Å². The van der Waals surface area contributed by atoms with Gasteiger partial charge in [0, 0.05) is 17.9 Å². The van der Waals surface area contributed by atoms with Gasteiger partial charge in [-0.2, -0.15) is 0 Å². The van der Waals surface area contributed by atoms with Crippen molar-refractivity contribution in [3.8, 4) is 0 Å². The highest BCUT2D eigenvalue weighted by Gasteiger charge is 2.04. The molecular formula is C14H21NO3. The molecule has 2 N–H and O–H groups in total. The molecule has 4 heteroatoms. The van der Waals surface area contributed by atoms with Crippen molar-refractivity contribution in [2.24, 2.45) is 0 Å². The highest BCUT2D eigenvalue weighted by atomic mass is 16.5. The second-order valence-corrected chi connectivity index (χ2v) is 4.20. The Morgan fingerprint density at radius 2 is 2.06 bits per heavy atom. The first-order valence-electron chi connectivity index (χ1n) is 6.39. The van der Waals surface area contributed by atoms with Crippen LogP contribution >= 0.6 is 0 Å². The Morgan fingerprint density at radius 3 is 2.78 bits per heavy atom. The van der Waals surface area contributed by atoms with Gasteiger partial charge in [-0.25, -0.2) is 4.79 Å². The predicted molar refractivity (Wildman–Crippen MR) is 71.9 cm³/mol. The van der Waals surface area contributed by atoms with Gasteiger partial charge in [0.25, 0.3) is 0 Å². The van der Waals surface area contributed by atoms with Crippen molar-refractivity contribution in [2.45, 2.75) is 39.2 Å². The molecule has 0 saturated heterocycles. The van der Waals surface area contributed by atoms with Crippen LogP contribution < -0.4 is 5.32 Å². The van der Waals surface area contributed by atoms with Gasteiger partial charge in [-0.15, -0.1) is 0 Å². The second-order valence-electron chi connectivity index (χ2n) is 4.20. The van der Waals surface area contributed by atoms with Crippen LogP contribution in [-0.2, 0) is 11.3 Å². The number of anilines is 1. The second kappa shape index (κ2) is 8.53. The van der Waals surface area contributed by atoms with Crippen molar-refractivity contribution < 1.29 is 14.6 Å². The van der Waals surface area contributed by atoms with Crippen molar-refractivity contribution >= 4 is 11.8 Å². The zero-order chi connectivity index (χ0) is 13.2. The van der Waals surface area contributed by atoms with E-state index in [-0.39, 0.29) is 0 Å². The number of carboxylic acid groups (broad SMARTS) is 1. The average molecular weight is 251 g/mol. The molecule has 0 aliphatic rings. The van der Waals surface area contributed by atoms with E-state index in [1.807, 2.05) is 12.1 Å². The molecule has 0 unspecified atom stereocenters. The van der Waals surface area contributed by atoms with E-state index >= 15 is 0 Å². The van der Waals surface area contributed by atoms with E-state index in [1.54, 1.807) is 12.1 Å². The molecule has 0 radical (unpaired) electrons. The summed E-state index contributed by atoms with van der Waals surface area (Å²) in [6.07, 6.45) is 3.64. The standard InChI is InChI=1S/C14H21NO3/c1-2-3-4-7-10-18-11-12-8-5-6-9-13(12)15-14(16)17/h5-6,8-9,15H,2-4,7,10-11H2,1H3,(H,16,17). The molecule has 1 aromatic carbocycles. The Labute approximate surface area is 108 Å². The maximum Gasteiger partial charge on any atom is 0.409 e. The maximum atomic E-state index is 10.6. The number of benzene rings is 1. The molecule has 0 aliphatic carbocycles. The summed E-state index contributed by atoms with van der Waals surface area (Å²) in [7, 11) is 0. The van der Waals surface area contributed by atoms with Gasteiger partial charge in [0.1, 0.15) is 0 Å². The van der Waals surface area contributed by atoms with E-state index in [0.29, 0.717) is 12.3 Å². The Balaban J connectivity index is 2.34. The molecule has 100 valence electrons. The normalized spacial score (nSPS) is 10.3. The summed E-state index contributed by atoms with van der Waals surface area (Å²) in [6.45, 7) is 3.35. The first kappa shape index (κ1) is 14.5. The average Bonchev–Trinajstić information content (AvgIpc) is 2.35. The summed E-state index contributed by atoms with van der Waals surface area (Å²) >= 11 is 0. The summed E-state index contributed by atoms with van der Waals surface area (Å²) < 4.78 is 5.56. The van der Waals surface area contributed by atoms with Crippen molar-refractivity contribution in [3.63, 3.8) is 0 Å². The number of nitrogens with one attached hydrogen (secondary N) is 1. The van der Waals surface area contributed by atoms with Gasteiger partial charge in [0.2, 0.25) is 0 Å². The Kier molecular flexibility index (Phi) is 6.87. The fourth-order valence-corrected chi connectivity index (χ4v) is 1.70. The number of hydrogen-bond donors (Lipinski definition) is 2. The minimum Gasteiger partial charge on any atom is -0.465 e. The van der Waals surface area contributed by atoms with Crippen LogP contribution in [0.2, 0.25) is 0 Å². The zero-order valence-electron chi connectivity index (χ0n) is 10.8. The summed E-state index contributed by atoms with van der Waals surface area (Å²) in [5.41, 5.74) is 1.47. The molecule has 0 spiro atoms. The first-order valence-corrected chi connectivity index (χ1v) is 6.39. The highest BCUT2D eigenvalue weighted by Crippen LogP contribution is 2.16. The van der Waals surface area contributed by atoms with Crippen LogP contribution in [0.1, 0.15) is 38.2 Å². The van der Waals surface area contributed by atoms with Crippen LogP contribution in [0.25, 0.3) is 0 Å². The van der Waals surface area contributed by atoms with E-state index in [0.717, 1.165) is 18.6 Å². The SMILES string of the molecule is CCCCCCOCc1ccccc1NC(=O)O. The number of rotatable bonds is 8. The van der Waals surface area contributed by atoms with Gasteiger partial charge >= 0.3 is 6.09 Å². The lowest BCUT2D eigenvalue weighted by Gasteiger charge is -2.09. The number of para-hydroxylation sites is 1. The Morgan fingerprint density at radius 1 is 1.28 bits per heavy atom. The van der Waals surface area contributed by atoms with Crippen LogP contribution in [0, 0.1) is 0 Å². The molecule has 0 atom stereocenters. The van der Waals surface area contributed by atoms with E-state index < -0.39 is 6.09 Å². The van der Waals surface area contributed by atoms with Crippen molar-refractivity contribution in [1.82, 2.24) is 0 Å². The zero-order valence-corrected chi connectivity index (χ0v) is 10.8. The molecule has 0 aromatic heterocycles. The van der Waals surface area contributed by atoms with Gasteiger partial charge in [0.15, 0.2) is 0 Å². The third kappa shape index (κ3) is 5.68. The number of ether oxygens (including phenoxy) is 1. The molecule has 1 amide bonds. The molecular weight excluding hydrogens is 230 g/mol. The topological polar surface area (TPSA) is 58.6 Å². The van der Waals surface area contributed by atoms with Crippen molar-refractivity contribution in [1.29, 1.82) is 0 Å². The molecule has 0 heterocycles. The number of amides is 1. The number of carbonyl (C=O) groups is 1. The number of hydrogen-bond acceptors (Lipinski definition) is 2. The molecule has 1 rings (SSSR count). The monoisotopic (exact) mass is 251 g/mol. The van der Waals surface area contributed by atoms with Crippen LogP contribution in [-0.4, -0.2) is 17.8 Å². The van der Waals surface area contributed by atoms with Crippen LogP contribution in [0.4, 0.5) is 10.5 Å². The largest absolute Gasteiger partial charge is 0.465 e. The summed E-state index contributed by atoms with van der Waals surface area (Å²) in [4.78, 5) is 10.6. The van der Waals surface area contributed by atoms with Crippen LogP contribution in [0.15, 0.2) is 24.3 Å². The quantitative estimate of drug-likeness (QED) is 0.689. The van der Waals surface area contributed by atoms with E-state index in [4.69, 9.17) is 9.84 Å². The third-order valence-corrected chi connectivity index (χ3v) is 2.66. The lowest BCUT2D eigenvalue weighted by Crippen LogP contribution is -2.09. The number of unbranched alkanes of at least 4 members (excludes halogenated alkanes) is 3. The molecule has 0 fully saturated rings. The fraction of sp³-hybridized carbons (Fsp3) is 0.500. The molecule has 0 aliphatic heterocycles. The Bertz CT molecular complexity index is 366. The van der Waals surface area contributed by atoms with E-state index in [1.165, 1.54) is 19.3 Å². The smallest absolute Gasteiger partial charge is 0.409 e. The van der Waals surface area contributed by atoms with Crippen molar-refractivity contribution in [2.75, 3.05) is 11.9 Å². The van der Waals surface area contributed by atoms with E-state index in [9.17, 15) is 4.79 Å². The molecule has 1 aromatic rings. The third-order valence-electron chi connectivity index (χ3n) is 2.66. The first-order chi connectivity index (χ1) is 8.74. The lowest BCUT2D eigenvalue weighted by molar-refractivity contribution is 0.117. The summed E-state index contributed by atoms with van der Waals surface area (Å²) in [5, 5.41) is 11.1. The van der Waals surface area contributed by atoms with Gasteiger partial charge in [-0.05, 0) is 12.5 Å². The molecule has 4 nitrogen and oxygen atoms in total. The summed E-state index contributed by atoms with van der Waals surface area (Å²) in [5.74, 6) is 0. The minimum absolute atomic E-state index is 0.447. The van der Waals surface area contributed by atoms with Gasteiger partial charge in [-0.1, -0.05) is 44.4 Å². The van der Waals surface area contributed by atoms with Gasteiger partial charge in [-0.3, -0.25) is 5.32 Å². The lowest BCUT2D eigenvalue weighted by atomic mass is 10.2. The minimum atomic E-state index is -1.05. The van der Waals surface area contributed by atoms with Crippen LogP contribution in [0.5, 0.6) is 0 Å². The maximum absolute atomic E-state index is 10.6. The molecule has 0 bridgehead atoms. The van der Waals surface area contributed by atoms with Crippen molar-refractivity contribution in [3.05, 3.63) is 29.8 Å². The molecule has 0 saturated carbocycles. The summed E-state index contributed by atoms with van der Waals surface area (Å²) in [6, 6.07) is 7.29. The predicted octanol–water partition coefficient (Wildman–Crippen LogP) is 3.87.